The van der Waals surface area contributed by atoms with Crippen molar-refractivity contribution < 1.29 is 9.59 Å². The van der Waals surface area contributed by atoms with Crippen molar-refractivity contribution in [2.45, 2.75) is 53.0 Å². The lowest BCUT2D eigenvalue weighted by atomic mass is 9.91. The maximum Gasteiger partial charge on any atom is 0.251 e. The van der Waals surface area contributed by atoms with Gasteiger partial charge < -0.3 is 10.2 Å². The van der Waals surface area contributed by atoms with E-state index in [1.807, 2.05) is 36.1 Å². The van der Waals surface area contributed by atoms with E-state index in [1.54, 1.807) is 0 Å². The molecule has 1 aromatic carbocycles. The average molecular weight is 316 g/mol. The van der Waals surface area contributed by atoms with Gasteiger partial charge in [-0.2, -0.15) is 0 Å². The molecule has 0 spiro atoms. The Morgan fingerprint density at radius 2 is 1.87 bits per heavy atom. The molecule has 0 bridgehead atoms. The molecular formula is C19H28N2O2. The van der Waals surface area contributed by atoms with Crippen LogP contribution in [0.15, 0.2) is 24.3 Å². The maximum atomic E-state index is 12.3. The summed E-state index contributed by atoms with van der Waals surface area (Å²) in [4.78, 5) is 26.4. The minimum atomic E-state index is -0.0202. The number of benzene rings is 1. The molecule has 1 N–H and O–H groups in total. The number of aryl methyl sites for hydroxylation is 1. The molecule has 1 aliphatic rings. The van der Waals surface area contributed by atoms with E-state index in [9.17, 15) is 9.59 Å². The van der Waals surface area contributed by atoms with Gasteiger partial charge in [-0.25, -0.2) is 0 Å². The molecular weight excluding hydrogens is 288 g/mol. The van der Waals surface area contributed by atoms with Crippen LogP contribution in [0.3, 0.4) is 0 Å². The minimum Gasteiger partial charge on any atom is -0.349 e. The summed E-state index contributed by atoms with van der Waals surface area (Å²) in [5, 5.41) is 3.09. The van der Waals surface area contributed by atoms with E-state index < -0.39 is 0 Å². The zero-order valence-electron chi connectivity index (χ0n) is 14.7. The SMILES string of the molecule is Cc1cccc(C(=O)NC2CCN(C(=O)CC(C)(C)C)CC2)c1. The van der Waals surface area contributed by atoms with Crippen LogP contribution < -0.4 is 5.32 Å². The number of rotatable bonds is 3. The summed E-state index contributed by atoms with van der Waals surface area (Å²) < 4.78 is 0. The predicted molar refractivity (Wildman–Crippen MR) is 92.3 cm³/mol. The lowest BCUT2D eigenvalue weighted by molar-refractivity contribution is -0.134. The summed E-state index contributed by atoms with van der Waals surface area (Å²) in [6.45, 7) is 9.69. The fourth-order valence-electron chi connectivity index (χ4n) is 2.89. The lowest BCUT2D eigenvalue weighted by Crippen LogP contribution is -2.47. The number of piperidine rings is 1. The molecule has 1 aliphatic heterocycles. The first-order valence-corrected chi connectivity index (χ1v) is 8.40. The van der Waals surface area contributed by atoms with Crippen molar-refractivity contribution >= 4 is 11.8 Å². The van der Waals surface area contributed by atoms with Crippen LogP contribution in [0.1, 0.15) is 56.0 Å². The number of carbonyl (C=O) groups is 2. The van der Waals surface area contributed by atoms with Gasteiger partial charge in [0.25, 0.3) is 5.91 Å². The van der Waals surface area contributed by atoms with E-state index >= 15 is 0 Å². The summed E-state index contributed by atoms with van der Waals surface area (Å²) in [5.41, 5.74) is 1.81. The van der Waals surface area contributed by atoms with Crippen LogP contribution in [0.25, 0.3) is 0 Å². The zero-order valence-corrected chi connectivity index (χ0v) is 14.7. The standard InChI is InChI=1S/C19H28N2O2/c1-14-6-5-7-15(12-14)18(23)20-16-8-10-21(11-9-16)17(22)13-19(2,3)4/h5-7,12,16H,8-11,13H2,1-4H3,(H,20,23). The number of amides is 2. The van der Waals surface area contributed by atoms with Gasteiger partial charge in [0.2, 0.25) is 5.91 Å². The van der Waals surface area contributed by atoms with E-state index in [4.69, 9.17) is 0 Å². The van der Waals surface area contributed by atoms with E-state index in [-0.39, 0.29) is 23.3 Å². The Kier molecular flexibility index (Phi) is 5.45. The Bertz CT molecular complexity index is 567. The molecule has 1 fully saturated rings. The Morgan fingerprint density at radius 3 is 2.43 bits per heavy atom. The normalized spacial score (nSPS) is 16.3. The van der Waals surface area contributed by atoms with Crippen molar-refractivity contribution in [2.75, 3.05) is 13.1 Å². The maximum absolute atomic E-state index is 12.3. The smallest absolute Gasteiger partial charge is 0.251 e. The van der Waals surface area contributed by atoms with Gasteiger partial charge in [0.05, 0.1) is 0 Å². The Labute approximate surface area is 139 Å². The highest BCUT2D eigenvalue weighted by Crippen LogP contribution is 2.21. The molecule has 1 heterocycles. The summed E-state index contributed by atoms with van der Waals surface area (Å²) in [7, 11) is 0. The molecule has 0 atom stereocenters. The molecule has 1 aromatic rings. The highest BCUT2D eigenvalue weighted by Gasteiger charge is 2.26. The van der Waals surface area contributed by atoms with Gasteiger partial charge in [-0.3, -0.25) is 9.59 Å². The second-order valence-corrected chi connectivity index (χ2v) is 7.74. The molecule has 0 aliphatic carbocycles. The van der Waals surface area contributed by atoms with E-state index in [0.717, 1.165) is 31.5 Å². The first kappa shape index (κ1) is 17.5. The average Bonchev–Trinajstić information content (AvgIpc) is 2.46. The number of carbonyl (C=O) groups excluding carboxylic acids is 2. The van der Waals surface area contributed by atoms with Crippen molar-refractivity contribution in [3.8, 4) is 0 Å². The van der Waals surface area contributed by atoms with Gasteiger partial charge in [-0.05, 0) is 37.3 Å². The highest BCUT2D eigenvalue weighted by molar-refractivity contribution is 5.94. The second-order valence-electron chi connectivity index (χ2n) is 7.74. The van der Waals surface area contributed by atoms with Gasteiger partial charge in [-0.15, -0.1) is 0 Å². The molecule has 0 saturated carbocycles. The van der Waals surface area contributed by atoms with E-state index in [0.29, 0.717) is 12.0 Å². The molecule has 0 unspecified atom stereocenters. The van der Waals surface area contributed by atoms with Crippen LogP contribution in [-0.4, -0.2) is 35.8 Å². The third kappa shape index (κ3) is 5.38. The predicted octanol–water partition coefficient (Wildman–Crippen LogP) is 3.15. The van der Waals surface area contributed by atoms with Crippen LogP contribution in [0, 0.1) is 12.3 Å². The lowest BCUT2D eigenvalue weighted by Gasteiger charge is -2.34. The Morgan fingerprint density at radius 1 is 1.22 bits per heavy atom. The van der Waals surface area contributed by atoms with E-state index in [1.165, 1.54) is 0 Å². The zero-order chi connectivity index (χ0) is 17.0. The van der Waals surface area contributed by atoms with Crippen LogP contribution in [0.2, 0.25) is 0 Å². The van der Waals surface area contributed by atoms with Gasteiger partial charge in [0, 0.05) is 31.1 Å². The fraction of sp³-hybridized carbons (Fsp3) is 0.579. The summed E-state index contributed by atoms with van der Waals surface area (Å²) in [6.07, 6.45) is 2.23. The van der Waals surface area contributed by atoms with Crippen molar-refractivity contribution in [2.24, 2.45) is 5.41 Å². The van der Waals surface area contributed by atoms with Gasteiger partial charge in [0.15, 0.2) is 0 Å². The fourth-order valence-corrected chi connectivity index (χ4v) is 2.89. The molecule has 126 valence electrons. The third-order valence-corrected chi connectivity index (χ3v) is 4.14. The Balaban J connectivity index is 1.83. The number of nitrogens with zero attached hydrogens (tertiary/aromatic N) is 1. The van der Waals surface area contributed by atoms with Crippen LogP contribution in [-0.2, 0) is 4.79 Å². The molecule has 1 saturated heterocycles. The van der Waals surface area contributed by atoms with Crippen LogP contribution >= 0.6 is 0 Å². The number of likely N-dealkylation sites (tertiary alicyclic amines) is 1. The summed E-state index contributed by atoms with van der Waals surface area (Å²) >= 11 is 0. The quantitative estimate of drug-likeness (QED) is 0.931. The van der Waals surface area contributed by atoms with Gasteiger partial charge in [0.1, 0.15) is 0 Å². The largest absolute Gasteiger partial charge is 0.349 e. The summed E-state index contributed by atoms with van der Waals surface area (Å²) in [6, 6.07) is 7.78. The molecule has 2 amide bonds. The van der Waals surface area contributed by atoms with Gasteiger partial charge >= 0.3 is 0 Å². The van der Waals surface area contributed by atoms with Crippen molar-refractivity contribution in [1.82, 2.24) is 10.2 Å². The van der Waals surface area contributed by atoms with Crippen LogP contribution in [0.5, 0.6) is 0 Å². The summed E-state index contributed by atoms with van der Waals surface area (Å²) in [5.74, 6) is 0.203. The molecule has 4 nitrogen and oxygen atoms in total. The Hall–Kier alpha value is -1.84. The van der Waals surface area contributed by atoms with Crippen molar-refractivity contribution in [1.29, 1.82) is 0 Å². The third-order valence-electron chi connectivity index (χ3n) is 4.14. The first-order chi connectivity index (χ1) is 10.7. The van der Waals surface area contributed by atoms with Crippen LogP contribution in [0.4, 0.5) is 0 Å². The number of hydrogen-bond acceptors (Lipinski definition) is 2. The number of nitrogens with one attached hydrogen (secondary N) is 1. The molecule has 0 aromatic heterocycles. The second kappa shape index (κ2) is 7.16. The highest BCUT2D eigenvalue weighted by atomic mass is 16.2. The topological polar surface area (TPSA) is 49.4 Å². The van der Waals surface area contributed by atoms with Crippen molar-refractivity contribution in [3.63, 3.8) is 0 Å². The molecule has 2 rings (SSSR count). The number of hydrogen-bond donors (Lipinski definition) is 1. The minimum absolute atomic E-state index is 0.0202. The van der Waals surface area contributed by atoms with Gasteiger partial charge in [-0.1, -0.05) is 38.5 Å². The van der Waals surface area contributed by atoms with Crippen molar-refractivity contribution in [3.05, 3.63) is 35.4 Å². The molecule has 4 heteroatoms. The molecule has 23 heavy (non-hydrogen) atoms. The van der Waals surface area contributed by atoms with E-state index in [2.05, 4.69) is 26.1 Å². The first-order valence-electron chi connectivity index (χ1n) is 8.40. The monoisotopic (exact) mass is 316 g/mol. The molecule has 0 radical (unpaired) electrons.